The zero-order chi connectivity index (χ0) is 25.9. The van der Waals surface area contributed by atoms with Gasteiger partial charge in [0.05, 0.1) is 10.4 Å². The third-order valence-corrected chi connectivity index (χ3v) is 8.67. The highest BCUT2D eigenvalue weighted by Gasteiger charge is 2.22. The van der Waals surface area contributed by atoms with Crippen LogP contribution >= 0.6 is 11.3 Å². The van der Waals surface area contributed by atoms with Crippen LogP contribution in [-0.4, -0.2) is 4.98 Å². The Kier molecular flexibility index (Phi) is 5.72. The van der Waals surface area contributed by atoms with Crippen molar-refractivity contribution in [1.29, 1.82) is 0 Å². The van der Waals surface area contributed by atoms with Crippen molar-refractivity contribution in [2.24, 2.45) is 5.92 Å². The molecule has 0 aliphatic carbocycles. The summed E-state index contributed by atoms with van der Waals surface area (Å²) in [6, 6.07) is 22.1. The monoisotopic (exact) mass is 503 g/mol. The summed E-state index contributed by atoms with van der Waals surface area (Å²) in [5.41, 5.74) is 8.39. The van der Waals surface area contributed by atoms with Gasteiger partial charge in [-0.05, 0) is 87.9 Å². The SMILES string of the molecule is Cc1c(-c2coc3ccc(CC(C)C)cc23)sc2c(-c3cc(C(C)(C)C)c4ccccc4c3)nccc12. The number of benzene rings is 3. The second-order valence-electron chi connectivity index (χ2n) is 11.7. The van der Waals surface area contributed by atoms with Crippen LogP contribution in [0.4, 0.5) is 0 Å². The molecule has 0 fully saturated rings. The third-order valence-electron chi connectivity index (χ3n) is 7.32. The van der Waals surface area contributed by atoms with Crippen molar-refractivity contribution in [3.05, 3.63) is 89.8 Å². The van der Waals surface area contributed by atoms with Crippen LogP contribution in [-0.2, 0) is 11.8 Å². The Morgan fingerprint density at radius 3 is 2.51 bits per heavy atom. The first-order chi connectivity index (χ1) is 17.7. The lowest BCUT2D eigenvalue weighted by atomic mass is 9.82. The molecule has 0 atom stereocenters. The van der Waals surface area contributed by atoms with Crippen LogP contribution in [0.5, 0.6) is 0 Å². The number of nitrogens with zero attached hydrogens (tertiary/aromatic N) is 1. The van der Waals surface area contributed by atoms with E-state index in [4.69, 9.17) is 9.40 Å². The number of thiophene rings is 1. The van der Waals surface area contributed by atoms with Crippen molar-refractivity contribution in [2.45, 2.75) is 53.4 Å². The summed E-state index contributed by atoms with van der Waals surface area (Å²) in [6.07, 6.45) is 4.96. The highest BCUT2D eigenvalue weighted by atomic mass is 32.1. The van der Waals surface area contributed by atoms with Crippen LogP contribution in [0.3, 0.4) is 0 Å². The fourth-order valence-corrected chi connectivity index (χ4v) is 6.86. The molecule has 2 nitrogen and oxygen atoms in total. The Labute approximate surface area is 223 Å². The van der Waals surface area contributed by atoms with Crippen LogP contribution in [0.15, 0.2) is 77.5 Å². The van der Waals surface area contributed by atoms with Crippen LogP contribution < -0.4 is 0 Å². The first-order valence-corrected chi connectivity index (χ1v) is 13.9. The summed E-state index contributed by atoms with van der Waals surface area (Å²) in [7, 11) is 0. The topological polar surface area (TPSA) is 26.0 Å². The van der Waals surface area contributed by atoms with Crippen molar-refractivity contribution >= 4 is 43.2 Å². The quantitative estimate of drug-likeness (QED) is 0.239. The van der Waals surface area contributed by atoms with Gasteiger partial charge in [-0.15, -0.1) is 11.3 Å². The van der Waals surface area contributed by atoms with E-state index in [0.29, 0.717) is 5.92 Å². The molecule has 0 bridgehead atoms. The van der Waals surface area contributed by atoms with Gasteiger partial charge in [0.25, 0.3) is 0 Å². The first kappa shape index (κ1) is 23.9. The van der Waals surface area contributed by atoms with E-state index in [0.717, 1.165) is 17.7 Å². The molecule has 0 aliphatic rings. The van der Waals surface area contributed by atoms with Gasteiger partial charge < -0.3 is 4.42 Å². The minimum Gasteiger partial charge on any atom is -0.464 e. The summed E-state index contributed by atoms with van der Waals surface area (Å²) < 4.78 is 7.26. The molecule has 3 heterocycles. The Morgan fingerprint density at radius 2 is 1.73 bits per heavy atom. The highest BCUT2D eigenvalue weighted by molar-refractivity contribution is 7.23. The van der Waals surface area contributed by atoms with Crippen molar-refractivity contribution < 1.29 is 4.42 Å². The van der Waals surface area contributed by atoms with Gasteiger partial charge in [0.1, 0.15) is 11.8 Å². The normalized spacial score (nSPS) is 12.4. The van der Waals surface area contributed by atoms with Gasteiger partial charge in [-0.25, -0.2) is 0 Å². The van der Waals surface area contributed by atoms with Gasteiger partial charge in [0.2, 0.25) is 0 Å². The van der Waals surface area contributed by atoms with E-state index in [1.165, 1.54) is 58.9 Å². The molecule has 0 aliphatic heterocycles. The van der Waals surface area contributed by atoms with Gasteiger partial charge in [-0.3, -0.25) is 4.98 Å². The molecule has 0 saturated heterocycles. The number of furan rings is 1. The molecule has 3 aromatic carbocycles. The Morgan fingerprint density at radius 1 is 0.919 bits per heavy atom. The molecule has 37 heavy (non-hydrogen) atoms. The molecule has 3 aromatic heterocycles. The Hall–Kier alpha value is -3.43. The maximum atomic E-state index is 6.02. The van der Waals surface area contributed by atoms with E-state index in [9.17, 15) is 0 Å². The summed E-state index contributed by atoms with van der Waals surface area (Å²) in [5.74, 6) is 0.618. The molecule has 6 rings (SSSR count). The Bertz CT molecular complexity index is 1780. The van der Waals surface area contributed by atoms with Crippen molar-refractivity contribution in [3.8, 4) is 21.7 Å². The highest BCUT2D eigenvalue weighted by Crippen LogP contribution is 2.45. The fraction of sp³-hybridized carbons (Fsp3) is 0.265. The summed E-state index contributed by atoms with van der Waals surface area (Å²) in [4.78, 5) is 6.20. The second-order valence-corrected chi connectivity index (χ2v) is 12.7. The second kappa shape index (κ2) is 8.85. The summed E-state index contributed by atoms with van der Waals surface area (Å²) in [6.45, 7) is 13.6. The number of hydrogen-bond donors (Lipinski definition) is 0. The largest absolute Gasteiger partial charge is 0.464 e. The maximum Gasteiger partial charge on any atom is 0.134 e. The third kappa shape index (κ3) is 4.16. The summed E-state index contributed by atoms with van der Waals surface area (Å²) in [5, 5.41) is 5.04. The van der Waals surface area contributed by atoms with E-state index in [2.05, 4.69) is 102 Å². The lowest BCUT2D eigenvalue weighted by molar-refractivity contribution is 0.596. The average molecular weight is 504 g/mol. The van der Waals surface area contributed by atoms with Crippen molar-refractivity contribution in [1.82, 2.24) is 4.98 Å². The molecular weight excluding hydrogens is 470 g/mol. The maximum absolute atomic E-state index is 6.02. The molecule has 0 N–H and O–H groups in total. The summed E-state index contributed by atoms with van der Waals surface area (Å²) >= 11 is 1.83. The molecule has 0 radical (unpaired) electrons. The van der Waals surface area contributed by atoms with E-state index in [-0.39, 0.29) is 5.41 Å². The minimum absolute atomic E-state index is 0.0312. The Balaban J connectivity index is 1.56. The van der Waals surface area contributed by atoms with Crippen molar-refractivity contribution in [2.75, 3.05) is 0 Å². The number of aromatic nitrogens is 1. The number of hydrogen-bond acceptors (Lipinski definition) is 3. The van der Waals surface area contributed by atoms with Gasteiger partial charge >= 0.3 is 0 Å². The zero-order valence-electron chi connectivity index (χ0n) is 22.5. The van der Waals surface area contributed by atoms with Crippen LogP contribution in [0.25, 0.3) is 53.5 Å². The number of pyridine rings is 1. The van der Waals surface area contributed by atoms with Gasteiger partial charge in [-0.2, -0.15) is 0 Å². The number of fused-ring (bicyclic) bond motifs is 3. The predicted molar refractivity (Wildman–Crippen MR) is 160 cm³/mol. The molecule has 0 amide bonds. The van der Waals surface area contributed by atoms with Gasteiger partial charge in [-0.1, -0.05) is 65.0 Å². The minimum atomic E-state index is 0.0312. The molecule has 0 spiro atoms. The zero-order valence-corrected chi connectivity index (χ0v) is 23.3. The molecule has 6 aromatic rings. The molecular formula is C34H33NOS. The van der Waals surface area contributed by atoms with E-state index >= 15 is 0 Å². The lowest BCUT2D eigenvalue weighted by Gasteiger charge is -2.22. The van der Waals surface area contributed by atoms with Gasteiger partial charge in [0.15, 0.2) is 0 Å². The smallest absolute Gasteiger partial charge is 0.134 e. The average Bonchev–Trinajstić information content (AvgIpc) is 3.42. The van der Waals surface area contributed by atoms with Crippen LogP contribution in [0.1, 0.15) is 51.3 Å². The van der Waals surface area contributed by atoms with E-state index in [1.807, 2.05) is 23.8 Å². The van der Waals surface area contributed by atoms with Crippen LogP contribution in [0.2, 0.25) is 0 Å². The fourth-order valence-electron chi connectivity index (χ4n) is 5.53. The van der Waals surface area contributed by atoms with E-state index in [1.54, 1.807) is 0 Å². The number of aryl methyl sites for hydroxylation is 1. The molecule has 0 unspecified atom stereocenters. The standard InChI is InChI=1S/C34H33NOS/c1-20(2)15-22-11-12-30-27(16-22)28(19-36-30)32-21(3)25-13-14-35-31(33(25)37-32)24-17-23-9-7-8-10-26(23)29(18-24)34(4,5)6/h7-14,16-20H,15H2,1-6H3. The van der Waals surface area contributed by atoms with Crippen molar-refractivity contribution in [3.63, 3.8) is 0 Å². The van der Waals surface area contributed by atoms with Gasteiger partial charge in [0, 0.05) is 27.6 Å². The van der Waals surface area contributed by atoms with Crippen LogP contribution in [0, 0.1) is 12.8 Å². The first-order valence-electron chi connectivity index (χ1n) is 13.1. The number of rotatable bonds is 4. The molecule has 186 valence electrons. The predicted octanol–water partition coefficient (Wildman–Crippen LogP) is 10.3. The molecule has 0 saturated carbocycles. The lowest BCUT2D eigenvalue weighted by Crippen LogP contribution is -2.12. The molecule has 3 heteroatoms. The van der Waals surface area contributed by atoms with E-state index < -0.39 is 0 Å².